The maximum absolute atomic E-state index is 12.9. The summed E-state index contributed by atoms with van der Waals surface area (Å²) in [5.41, 5.74) is 1.18. The Bertz CT molecular complexity index is 777. The average Bonchev–Trinajstić information content (AvgIpc) is 3.03. The summed E-state index contributed by atoms with van der Waals surface area (Å²) in [5.74, 6) is -1.03. The summed E-state index contributed by atoms with van der Waals surface area (Å²) in [6.07, 6.45) is 3.04. The quantitative estimate of drug-likeness (QED) is 0.776. The van der Waals surface area contributed by atoms with Crippen molar-refractivity contribution in [1.29, 1.82) is 0 Å². The Morgan fingerprint density at radius 3 is 2.46 bits per heavy atom. The number of allylic oxidation sites excluding steroid dienone is 1. The van der Waals surface area contributed by atoms with Crippen LogP contribution in [0.4, 0.5) is 0 Å². The molecule has 0 amide bonds. The molecule has 5 atom stereocenters. The third-order valence-corrected chi connectivity index (χ3v) is 7.02. The van der Waals surface area contributed by atoms with Crippen LogP contribution in [0.25, 0.3) is 0 Å². The summed E-state index contributed by atoms with van der Waals surface area (Å²) in [7, 11) is 0. The van der Waals surface area contributed by atoms with E-state index in [1.54, 1.807) is 6.92 Å². The number of hydrogen-bond acceptors (Lipinski definition) is 6. The van der Waals surface area contributed by atoms with Crippen molar-refractivity contribution < 1.29 is 29.0 Å². The summed E-state index contributed by atoms with van der Waals surface area (Å²) in [6, 6.07) is 0. The molecule has 0 aromatic rings. The molecule has 4 aliphatic rings. The lowest BCUT2D eigenvalue weighted by atomic mass is 9.49. The summed E-state index contributed by atoms with van der Waals surface area (Å²) in [4.78, 5) is 37.2. The standard InChI is InChI=1S/C20H24O6/c1-10-12(6-5-11-9-13(21)25-17(11)23)19(2)7-4-8-20(3)16(19)15(14(10)22)26-18(20)24/h9,13,15-16,21H,4-8H2,1-3H3/t13-,15-,16+,19+,20-/m0/s1. The molecule has 140 valence electrons. The molecule has 0 aromatic heterocycles. The summed E-state index contributed by atoms with van der Waals surface area (Å²) in [6.45, 7) is 5.86. The van der Waals surface area contributed by atoms with E-state index in [9.17, 15) is 19.5 Å². The van der Waals surface area contributed by atoms with Gasteiger partial charge in [0.2, 0.25) is 6.29 Å². The Hall–Kier alpha value is -1.95. The first-order valence-electron chi connectivity index (χ1n) is 9.24. The van der Waals surface area contributed by atoms with Crippen LogP contribution < -0.4 is 0 Å². The molecular formula is C20H24O6. The number of ketones is 1. The predicted octanol–water partition coefficient (Wildman–Crippen LogP) is 2.21. The van der Waals surface area contributed by atoms with Crippen LogP contribution in [0.5, 0.6) is 0 Å². The number of esters is 2. The van der Waals surface area contributed by atoms with Gasteiger partial charge in [-0.05, 0) is 56.6 Å². The van der Waals surface area contributed by atoms with Gasteiger partial charge in [0, 0.05) is 11.5 Å². The van der Waals surface area contributed by atoms with E-state index in [0.717, 1.165) is 24.8 Å². The van der Waals surface area contributed by atoms with Crippen LogP contribution in [0.15, 0.2) is 22.8 Å². The van der Waals surface area contributed by atoms with Crippen LogP contribution in [0, 0.1) is 16.7 Å². The fourth-order valence-corrected chi connectivity index (χ4v) is 5.76. The van der Waals surface area contributed by atoms with E-state index in [1.165, 1.54) is 6.08 Å². The maximum atomic E-state index is 12.9. The highest BCUT2D eigenvalue weighted by molar-refractivity contribution is 6.04. The highest BCUT2D eigenvalue weighted by Crippen LogP contribution is 2.63. The minimum absolute atomic E-state index is 0.107. The third-order valence-electron chi connectivity index (χ3n) is 7.02. The van der Waals surface area contributed by atoms with Gasteiger partial charge < -0.3 is 14.6 Å². The molecule has 0 unspecified atom stereocenters. The first-order valence-corrected chi connectivity index (χ1v) is 9.24. The van der Waals surface area contributed by atoms with Crippen molar-refractivity contribution in [2.24, 2.45) is 16.7 Å². The number of aliphatic hydroxyl groups excluding tert-OH is 1. The highest BCUT2D eigenvalue weighted by atomic mass is 16.6. The molecule has 0 bridgehead atoms. The van der Waals surface area contributed by atoms with Gasteiger partial charge in [0.25, 0.3) is 0 Å². The second-order valence-electron chi connectivity index (χ2n) is 8.45. The topological polar surface area (TPSA) is 89.9 Å². The van der Waals surface area contributed by atoms with Gasteiger partial charge in [-0.1, -0.05) is 18.9 Å². The number of hydrogen-bond donors (Lipinski definition) is 1. The van der Waals surface area contributed by atoms with E-state index >= 15 is 0 Å². The fourth-order valence-electron chi connectivity index (χ4n) is 5.76. The normalized spacial score (nSPS) is 41.8. The Balaban J connectivity index is 1.70. The van der Waals surface area contributed by atoms with E-state index < -0.39 is 23.8 Å². The predicted molar refractivity (Wildman–Crippen MR) is 90.6 cm³/mol. The van der Waals surface area contributed by atoms with Crippen molar-refractivity contribution in [3.05, 3.63) is 22.8 Å². The Labute approximate surface area is 152 Å². The second-order valence-corrected chi connectivity index (χ2v) is 8.45. The summed E-state index contributed by atoms with van der Waals surface area (Å²) >= 11 is 0. The Morgan fingerprint density at radius 1 is 1.12 bits per heavy atom. The molecule has 0 spiro atoms. The van der Waals surface area contributed by atoms with Crippen LogP contribution in [0.3, 0.4) is 0 Å². The zero-order valence-electron chi connectivity index (χ0n) is 15.3. The van der Waals surface area contributed by atoms with Crippen LogP contribution in [0.1, 0.15) is 52.9 Å². The van der Waals surface area contributed by atoms with E-state index in [0.29, 0.717) is 24.0 Å². The number of carbonyl (C=O) groups is 3. The molecule has 1 N–H and O–H groups in total. The molecule has 2 aliphatic carbocycles. The Morgan fingerprint density at radius 2 is 1.81 bits per heavy atom. The first kappa shape index (κ1) is 17.5. The molecular weight excluding hydrogens is 336 g/mol. The van der Waals surface area contributed by atoms with Crippen molar-refractivity contribution in [2.45, 2.75) is 65.3 Å². The smallest absolute Gasteiger partial charge is 0.336 e. The van der Waals surface area contributed by atoms with Gasteiger partial charge in [0.1, 0.15) is 0 Å². The number of aliphatic hydroxyl groups is 1. The van der Waals surface area contributed by atoms with Gasteiger partial charge in [0.15, 0.2) is 11.9 Å². The number of carbonyl (C=O) groups excluding carboxylic acids is 3. The van der Waals surface area contributed by atoms with Gasteiger partial charge >= 0.3 is 11.9 Å². The van der Waals surface area contributed by atoms with Gasteiger partial charge in [-0.2, -0.15) is 0 Å². The molecule has 0 radical (unpaired) electrons. The minimum atomic E-state index is -1.18. The SMILES string of the molecule is CC1=C(CCC2=C[C@@H](O)OC2=O)[C@@]2(C)CCC[C@]3(C)C(=O)O[C@@H](C1=O)[C@@H]32. The van der Waals surface area contributed by atoms with Crippen molar-refractivity contribution in [3.63, 3.8) is 0 Å². The number of cyclic esters (lactones) is 1. The van der Waals surface area contributed by atoms with E-state index in [4.69, 9.17) is 9.47 Å². The molecule has 0 aromatic carbocycles. The number of rotatable bonds is 3. The van der Waals surface area contributed by atoms with Gasteiger partial charge in [-0.3, -0.25) is 9.59 Å². The van der Waals surface area contributed by atoms with Gasteiger partial charge in [0.05, 0.1) is 5.41 Å². The van der Waals surface area contributed by atoms with Crippen LogP contribution >= 0.6 is 0 Å². The highest BCUT2D eigenvalue weighted by Gasteiger charge is 2.66. The molecule has 2 fully saturated rings. The largest absolute Gasteiger partial charge is 0.453 e. The molecule has 26 heavy (non-hydrogen) atoms. The maximum Gasteiger partial charge on any atom is 0.336 e. The molecule has 4 rings (SSSR count). The molecule has 6 nitrogen and oxygen atoms in total. The molecule has 2 aliphatic heterocycles. The lowest BCUT2D eigenvalue weighted by Gasteiger charge is -2.51. The summed E-state index contributed by atoms with van der Waals surface area (Å²) < 4.78 is 10.3. The lowest BCUT2D eigenvalue weighted by molar-refractivity contribution is -0.151. The molecule has 1 saturated heterocycles. The van der Waals surface area contributed by atoms with Crippen molar-refractivity contribution in [3.8, 4) is 0 Å². The van der Waals surface area contributed by atoms with Crippen molar-refractivity contribution in [1.82, 2.24) is 0 Å². The Kier molecular flexibility index (Phi) is 3.71. The molecule has 2 heterocycles. The lowest BCUT2D eigenvalue weighted by Crippen LogP contribution is -2.52. The molecule has 1 saturated carbocycles. The number of Topliss-reactive ketones (excluding diaryl/α,β-unsaturated/α-hetero) is 1. The molecule has 6 heteroatoms. The summed E-state index contributed by atoms with van der Waals surface area (Å²) in [5, 5.41) is 9.44. The van der Waals surface area contributed by atoms with Gasteiger partial charge in [-0.15, -0.1) is 0 Å². The van der Waals surface area contributed by atoms with Crippen molar-refractivity contribution >= 4 is 17.7 Å². The van der Waals surface area contributed by atoms with E-state index in [1.807, 2.05) is 6.92 Å². The second kappa shape index (κ2) is 5.52. The number of ether oxygens (including phenoxy) is 2. The van der Waals surface area contributed by atoms with Gasteiger partial charge in [-0.25, -0.2) is 4.79 Å². The first-order chi connectivity index (χ1) is 12.2. The van der Waals surface area contributed by atoms with Crippen molar-refractivity contribution in [2.75, 3.05) is 0 Å². The minimum Gasteiger partial charge on any atom is -0.453 e. The third kappa shape index (κ3) is 2.17. The monoisotopic (exact) mass is 360 g/mol. The zero-order valence-corrected chi connectivity index (χ0v) is 15.3. The fraction of sp³-hybridized carbons (Fsp3) is 0.650. The van der Waals surface area contributed by atoms with Crippen LogP contribution in [-0.2, 0) is 23.9 Å². The van der Waals surface area contributed by atoms with Crippen LogP contribution in [-0.4, -0.2) is 35.2 Å². The van der Waals surface area contributed by atoms with E-state index in [2.05, 4.69) is 6.92 Å². The van der Waals surface area contributed by atoms with Crippen LogP contribution in [0.2, 0.25) is 0 Å². The zero-order chi connectivity index (χ0) is 18.9. The average molecular weight is 360 g/mol. The van der Waals surface area contributed by atoms with E-state index in [-0.39, 0.29) is 23.1 Å².